The number of aromatic nitrogens is 4. The minimum Gasteiger partial charge on any atom is -0.329 e. The van der Waals surface area contributed by atoms with Gasteiger partial charge in [-0.15, -0.1) is 0 Å². The number of nitrogens with two attached hydrogens (primary N) is 1. The van der Waals surface area contributed by atoms with Crippen molar-refractivity contribution in [3.8, 4) is 0 Å². The highest BCUT2D eigenvalue weighted by Crippen LogP contribution is 1.88. The minimum atomic E-state index is -3.80. The van der Waals surface area contributed by atoms with Crippen LogP contribution in [0.3, 0.4) is 0 Å². The van der Waals surface area contributed by atoms with Gasteiger partial charge in [-0.2, -0.15) is 8.42 Å². The summed E-state index contributed by atoms with van der Waals surface area (Å²) in [6.07, 6.45) is 0. The first kappa shape index (κ1) is 14.9. The van der Waals surface area contributed by atoms with Crippen LogP contribution in [0.4, 0.5) is 0 Å². The third-order valence-corrected chi connectivity index (χ3v) is 2.55. The van der Waals surface area contributed by atoms with Crippen molar-refractivity contribution in [3.63, 3.8) is 0 Å². The van der Waals surface area contributed by atoms with Crippen molar-refractivity contribution in [1.82, 2.24) is 19.9 Å². The number of imidazole rings is 1. The Morgan fingerprint density at radius 3 is 1.95 bits per heavy atom. The van der Waals surface area contributed by atoms with Crippen LogP contribution >= 0.6 is 0 Å². The zero-order valence-corrected chi connectivity index (χ0v) is 10.2. The van der Waals surface area contributed by atoms with Gasteiger partial charge < -0.3 is 5.73 Å². The van der Waals surface area contributed by atoms with Gasteiger partial charge >= 0.3 is 11.4 Å². The number of nitrogens with one attached hydrogen (secondary N) is 4. The lowest BCUT2D eigenvalue weighted by Crippen LogP contribution is -2.21. The third kappa shape index (κ3) is 4.53. The Hall–Kier alpha value is -2.18. The molecule has 0 aliphatic carbocycles. The van der Waals surface area contributed by atoms with Gasteiger partial charge in [0, 0.05) is 6.54 Å². The fourth-order valence-electron chi connectivity index (χ4n) is 1.11. The van der Waals surface area contributed by atoms with Crippen LogP contribution in [0.25, 0.3) is 11.2 Å². The van der Waals surface area contributed by atoms with E-state index in [1.54, 1.807) is 0 Å². The smallest absolute Gasteiger partial charge is 0.327 e. The largest absolute Gasteiger partial charge is 0.329 e. The molecule has 2 aromatic rings. The molecule has 0 bridgehead atoms. The van der Waals surface area contributed by atoms with Crippen molar-refractivity contribution in [2.45, 2.75) is 0 Å². The molecule has 0 saturated carbocycles. The van der Waals surface area contributed by atoms with Crippen molar-refractivity contribution in [1.29, 1.82) is 0 Å². The van der Waals surface area contributed by atoms with E-state index in [-0.39, 0.29) is 23.5 Å². The molecule has 0 aliphatic heterocycles. The van der Waals surface area contributed by atoms with Gasteiger partial charge in [0.2, 0.25) is 0 Å². The first-order chi connectivity index (χ1) is 8.73. The predicted molar refractivity (Wildman–Crippen MR) is 65.6 cm³/mol. The molecule has 0 unspecified atom stereocenters. The summed E-state index contributed by atoms with van der Waals surface area (Å²) in [5, 5.41) is 0. The van der Waals surface area contributed by atoms with Gasteiger partial charge in [-0.1, -0.05) is 0 Å². The van der Waals surface area contributed by atoms with E-state index >= 15 is 0 Å². The number of hydrogen-bond donors (Lipinski definition) is 6. The van der Waals surface area contributed by atoms with E-state index in [0.717, 1.165) is 0 Å². The first-order valence-corrected chi connectivity index (χ1v) is 6.43. The number of aromatic amines is 4. The van der Waals surface area contributed by atoms with E-state index in [4.69, 9.17) is 10.3 Å². The Labute approximate surface area is 104 Å². The van der Waals surface area contributed by atoms with Crippen molar-refractivity contribution in [3.05, 3.63) is 31.3 Å². The molecule has 11 nitrogen and oxygen atoms in total. The van der Waals surface area contributed by atoms with Crippen molar-refractivity contribution in [2.24, 2.45) is 5.73 Å². The average molecular weight is 293 g/mol. The van der Waals surface area contributed by atoms with Gasteiger partial charge in [-0.05, 0) is 0 Å². The molecular formula is C7H11N5O6S. The van der Waals surface area contributed by atoms with Crippen LogP contribution in [0.1, 0.15) is 0 Å². The molecule has 19 heavy (non-hydrogen) atoms. The summed E-state index contributed by atoms with van der Waals surface area (Å²) in [6, 6.07) is 0. The monoisotopic (exact) mass is 293 g/mol. The molecule has 0 radical (unpaired) electrons. The maximum absolute atomic E-state index is 10.9. The molecule has 0 spiro atoms. The Morgan fingerprint density at radius 2 is 1.53 bits per heavy atom. The van der Waals surface area contributed by atoms with Crippen LogP contribution in [0.5, 0.6) is 0 Å². The number of hydrogen-bond acceptors (Lipinski definition) is 6. The van der Waals surface area contributed by atoms with Crippen LogP contribution < -0.4 is 22.7 Å². The summed E-state index contributed by atoms with van der Waals surface area (Å²) in [5.41, 5.74) is 3.12. The second-order valence-corrected chi connectivity index (χ2v) is 4.88. The van der Waals surface area contributed by atoms with Crippen molar-refractivity contribution in [2.75, 3.05) is 12.3 Å². The van der Waals surface area contributed by atoms with Crippen LogP contribution in [0, 0.1) is 0 Å². The predicted octanol–water partition coefficient (Wildman–Crippen LogP) is -2.93. The molecular weight excluding hydrogens is 282 g/mol. The molecule has 2 aromatic heterocycles. The second-order valence-electron chi connectivity index (χ2n) is 3.31. The lowest BCUT2D eigenvalue weighted by Gasteiger charge is -1.86. The molecule has 2 heterocycles. The van der Waals surface area contributed by atoms with E-state index < -0.39 is 27.1 Å². The Morgan fingerprint density at radius 1 is 1.00 bits per heavy atom. The van der Waals surface area contributed by atoms with Gasteiger partial charge in [-0.25, -0.2) is 9.59 Å². The highest BCUT2D eigenvalue weighted by molar-refractivity contribution is 7.85. The molecule has 0 atom stereocenters. The second kappa shape index (κ2) is 5.64. The van der Waals surface area contributed by atoms with Crippen LogP contribution in [-0.4, -0.2) is 45.2 Å². The van der Waals surface area contributed by atoms with Crippen LogP contribution in [-0.2, 0) is 10.1 Å². The normalized spacial score (nSPS) is 11.1. The van der Waals surface area contributed by atoms with Gasteiger partial charge in [0.05, 0.1) is 5.75 Å². The summed E-state index contributed by atoms with van der Waals surface area (Å²) in [4.78, 5) is 41.0. The fourth-order valence-corrected chi connectivity index (χ4v) is 1.40. The van der Waals surface area contributed by atoms with Gasteiger partial charge in [0.15, 0.2) is 0 Å². The summed E-state index contributed by atoms with van der Waals surface area (Å²) < 4.78 is 27.3. The van der Waals surface area contributed by atoms with Gasteiger partial charge in [0.25, 0.3) is 15.7 Å². The SMILES string of the molecule is NCCS(=O)(=O)O.O=c1[nH]c(=O)c2[nH]c(=O)[nH]c2[nH]1. The Kier molecular flexibility index (Phi) is 4.42. The molecule has 106 valence electrons. The van der Waals surface area contributed by atoms with E-state index in [2.05, 4.69) is 15.0 Å². The van der Waals surface area contributed by atoms with Crippen molar-refractivity contribution >= 4 is 21.3 Å². The lowest BCUT2D eigenvalue weighted by atomic mass is 10.5. The molecule has 0 saturated heterocycles. The third-order valence-electron chi connectivity index (χ3n) is 1.80. The average Bonchev–Trinajstić information content (AvgIpc) is 2.57. The molecule has 0 aliphatic rings. The standard InChI is InChI=1S/C5H4N4O3.C2H7NO3S/c10-3-1-2(7-4(11)6-1)8-5(12)9-3;3-1-2-7(4,5)6/h(H4,6,7,8,9,10,11,12);1-3H2,(H,4,5,6). The fraction of sp³-hybridized carbons (Fsp3) is 0.286. The lowest BCUT2D eigenvalue weighted by molar-refractivity contribution is 0.483. The number of rotatable bonds is 2. The Balaban J connectivity index is 0.000000224. The summed E-state index contributed by atoms with van der Waals surface area (Å²) in [5.74, 6) is -0.354. The quantitative estimate of drug-likeness (QED) is 0.318. The maximum atomic E-state index is 10.9. The Bertz CT molecular complexity index is 824. The summed E-state index contributed by atoms with van der Waals surface area (Å²) in [6.45, 7) is -0.0289. The molecule has 2 rings (SSSR count). The number of fused-ring (bicyclic) bond motifs is 1. The van der Waals surface area contributed by atoms with Crippen LogP contribution in [0.15, 0.2) is 14.4 Å². The van der Waals surface area contributed by atoms with Gasteiger partial charge in [0.1, 0.15) is 11.2 Å². The van der Waals surface area contributed by atoms with Crippen molar-refractivity contribution < 1.29 is 13.0 Å². The van der Waals surface area contributed by atoms with E-state index in [9.17, 15) is 22.8 Å². The molecule has 0 amide bonds. The molecule has 0 fully saturated rings. The van der Waals surface area contributed by atoms with Crippen LogP contribution in [0.2, 0.25) is 0 Å². The van der Waals surface area contributed by atoms with E-state index in [0.29, 0.717) is 0 Å². The molecule has 7 N–H and O–H groups in total. The van der Waals surface area contributed by atoms with E-state index in [1.807, 2.05) is 4.98 Å². The van der Waals surface area contributed by atoms with E-state index in [1.165, 1.54) is 0 Å². The minimum absolute atomic E-state index is 0.0289. The topological polar surface area (TPSA) is 195 Å². The number of H-pyrrole nitrogens is 4. The first-order valence-electron chi connectivity index (χ1n) is 4.83. The zero-order chi connectivity index (χ0) is 14.6. The highest BCUT2D eigenvalue weighted by Gasteiger charge is 2.02. The highest BCUT2D eigenvalue weighted by atomic mass is 32.2. The summed E-state index contributed by atoms with van der Waals surface area (Å²) >= 11 is 0. The molecule has 12 heteroatoms. The van der Waals surface area contributed by atoms with Gasteiger partial charge in [-0.3, -0.25) is 29.3 Å². The zero-order valence-electron chi connectivity index (χ0n) is 9.39. The maximum Gasteiger partial charge on any atom is 0.327 e. The summed E-state index contributed by atoms with van der Waals surface area (Å²) in [7, 11) is -3.80. The molecule has 0 aromatic carbocycles.